The van der Waals surface area contributed by atoms with Gasteiger partial charge in [-0.2, -0.15) is 10.2 Å². The van der Waals surface area contributed by atoms with Gasteiger partial charge < -0.3 is 14.6 Å². The summed E-state index contributed by atoms with van der Waals surface area (Å²) in [6.07, 6.45) is 6.56. The number of pyridine rings is 1. The number of aromatic amines is 1. The summed E-state index contributed by atoms with van der Waals surface area (Å²) in [6.45, 7) is 3.64. The van der Waals surface area contributed by atoms with E-state index in [2.05, 4.69) is 10.2 Å². The summed E-state index contributed by atoms with van der Waals surface area (Å²) in [7, 11) is 1.36. The molecule has 142 valence electrons. The molecule has 27 heavy (non-hydrogen) atoms. The normalized spacial score (nSPS) is 16.6. The van der Waals surface area contributed by atoms with Crippen LogP contribution in [0.3, 0.4) is 0 Å². The second-order valence-electron chi connectivity index (χ2n) is 7.04. The second-order valence-corrected chi connectivity index (χ2v) is 7.04. The summed E-state index contributed by atoms with van der Waals surface area (Å²) in [4.78, 5) is 11.9. The number of fused-ring (bicyclic) bond motifs is 1. The molecule has 0 aromatic carbocycles. The zero-order valence-corrected chi connectivity index (χ0v) is 15.4. The van der Waals surface area contributed by atoms with Crippen molar-refractivity contribution in [1.29, 1.82) is 0 Å². The summed E-state index contributed by atoms with van der Waals surface area (Å²) < 4.78 is 13.7. The van der Waals surface area contributed by atoms with Gasteiger partial charge in [0.2, 0.25) is 6.20 Å². The maximum absolute atomic E-state index is 11.9. The van der Waals surface area contributed by atoms with Crippen molar-refractivity contribution in [2.45, 2.75) is 31.9 Å². The third kappa shape index (κ3) is 3.33. The molecule has 1 saturated heterocycles. The van der Waals surface area contributed by atoms with E-state index >= 15 is 0 Å². The molecular formula is C19H23N4O4+. The van der Waals surface area contributed by atoms with Crippen LogP contribution >= 0.6 is 0 Å². The Kier molecular flexibility index (Phi) is 4.45. The molecule has 0 unspecified atom stereocenters. The molecule has 1 aliphatic heterocycles. The van der Waals surface area contributed by atoms with Gasteiger partial charge in [0, 0.05) is 32.3 Å². The largest absolute Gasteiger partial charge is 0.465 e. The number of hydrogen-bond donors (Lipinski definition) is 2. The van der Waals surface area contributed by atoms with E-state index in [9.17, 15) is 9.90 Å². The highest BCUT2D eigenvalue weighted by molar-refractivity contribution is 5.97. The van der Waals surface area contributed by atoms with Gasteiger partial charge in [-0.25, -0.2) is 9.31 Å². The van der Waals surface area contributed by atoms with Crippen LogP contribution in [0.2, 0.25) is 0 Å². The van der Waals surface area contributed by atoms with Gasteiger partial charge in [-0.3, -0.25) is 0 Å². The van der Waals surface area contributed by atoms with Gasteiger partial charge in [0.25, 0.3) is 0 Å². The predicted molar refractivity (Wildman–Crippen MR) is 96.3 cm³/mol. The number of H-pyrrole nitrogens is 1. The van der Waals surface area contributed by atoms with Crippen LogP contribution in [0.5, 0.6) is 0 Å². The van der Waals surface area contributed by atoms with Crippen LogP contribution in [-0.2, 0) is 16.0 Å². The number of rotatable bonds is 4. The Labute approximate surface area is 156 Å². The first-order chi connectivity index (χ1) is 13.0. The Balaban J connectivity index is 1.67. The summed E-state index contributed by atoms with van der Waals surface area (Å²) in [5.41, 5.74) is 3.30. The first-order valence-corrected chi connectivity index (χ1v) is 8.94. The first kappa shape index (κ1) is 17.7. The van der Waals surface area contributed by atoms with Gasteiger partial charge in [-0.15, -0.1) is 4.68 Å². The molecule has 3 aromatic rings. The fraction of sp³-hybridized carbons (Fsp3) is 0.421. The van der Waals surface area contributed by atoms with Crippen LogP contribution in [0.1, 0.15) is 28.9 Å². The van der Waals surface area contributed by atoms with Crippen molar-refractivity contribution in [2.75, 3.05) is 20.3 Å². The first-order valence-electron chi connectivity index (χ1n) is 8.94. The minimum absolute atomic E-state index is 0.412. The Morgan fingerprint density at radius 2 is 2.26 bits per heavy atom. The number of aryl methyl sites for hydroxylation is 1. The van der Waals surface area contributed by atoms with Crippen molar-refractivity contribution in [3.63, 3.8) is 0 Å². The molecule has 0 amide bonds. The summed E-state index contributed by atoms with van der Waals surface area (Å²) >= 11 is 0. The molecule has 4 rings (SSSR count). The highest BCUT2D eigenvalue weighted by Gasteiger charge is 2.35. The third-order valence-corrected chi connectivity index (χ3v) is 5.13. The molecule has 1 aliphatic rings. The molecule has 0 spiro atoms. The van der Waals surface area contributed by atoms with Crippen LogP contribution in [0.15, 0.2) is 30.7 Å². The lowest BCUT2D eigenvalue weighted by Crippen LogP contribution is -2.51. The van der Waals surface area contributed by atoms with Gasteiger partial charge in [-0.1, -0.05) is 0 Å². The van der Waals surface area contributed by atoms with E-state index in [1.54, 1.807) is 4.52 Å². The van der Waals surface area contributed by atoms with Gasteiger partial charge in [0.1, 0.15) is 11.2 Å². The number of hydrogen-bond acceptors (Lipinski definition) is 5. The lowest BCUT2D eigenvalue weighted by molar-refractivity contribution is -0.762. The van der Waals surface area contributed by atoms with E-state index in [0.29, 0.717) is 43.7 Å². The zero-order valence-electron chi connectivity index (χ0n) is 15.4. The number of carbonyl (C=O) groups excluding carboxylic acids is 1. The molecular weight excluding hydrogens is 348 g/mol. The molecule has 0 bridgehead atoms. The van der Waals surface area contributed by atoms with E-state index in [1.807, 2.05) is 36.1 Å². The predicted octanol–water partition coefficient (Wildman–Crippen LogP) is 1.25. The highest BCUT2D eigenvalue weighted by Crippen LogP contribution is 2.25. The summed E-state index contributed by atoms with van der Waals surface area (Å²) in [5.74, 6) is -0.412. The van der Waals surface area contributed by atoms with Crippen LogP contribution in [0.25, 0.3) is 16.6 Å². The third-order valence-electron chi connectivity index (χ3n) is 5.13. The number of aromatic nitrogens is 4. The van der Waals surface area contributed by atoms with Crippen molar-refractivity contribution in [1.82, 2.24) is 14.7 Å². The fourth-order valence-electron chi connectivity index (χ4n) is 3.58. The van der Waals surface area contributed by atoms with Crippen molar-refractivity contribution >= 4 is 11.5 Å². The highest BCUT2D eigenvalue weighted by atomic mass is 16.5. The molecule has 0 radical (unpaired) electrons. The molecule has 0 aliphatic carbocycles. The molecule has 8 nitrogen and oxygen atoms in total. The van der Waals surface area contributed by atoms with Crippen LogP contribution in [0.4, 0.5) is 0 Å². The summed E-state index contributed by atoms with van der Waals surface area (Å²) in [5, 5.41) is 18.3. The summed E-state index contributed by atoms with van der Waals surface area (Å²) in [6, 6.07) is 3.87. The van der Waals surface area contributed by atoms with E-state index in [4.69, 9.17) is 9.47 Å². The molecule has 0 saturated carbocycles. The number of carbonyl (C=O) groups is 1. The number of esters is 1. The zero-order chi connectivity index (χ0) is 19.0. The quantitative estimate of drug-likeness (QED) is 0.532. The average molecular weight is 371 g/mol. The van der Waals surface area contributed by atoms with E-state index in [1.165, 1.54) is 13.3 Å². The molecule has 3 aromatic heterocycles. The maximum atomic E-state index is 11.9. The smallest absolute Gasteiger partial charge is 0.341 e. The van der Waals surface area contributed by atoms with Crippen molar-refractivity contribution < 1.29 is 24.1 Å². The molecule has 2 N–H and O–H groups in total. The Bertz CT molecular complexity index is 985. The minimum atomic E-state index is -0.759. The van der Waals surface area contributed by atoms with E-state index in [-0.39, 0.29) is 0 Å². The van der Waals surface area contributed by atoms with E-state index < -0.39 is 11.6 Å². The fourth-order valence-corrected chi connectivity index (χ4v) is 3.58. The van der Waals surface area contributed by atoms with E-state index in [0.717, 1.165) is 16.8 Å². The van der Waals surface area contributed by atoms with Crippen LogP contribution < -0.4 is 4.68 Å². The molecule has 1 fully saturated rings. The Morgan fingerprint density at radius 3 is 3.00 bits per heavy atom. The van der Waals surface area contributed by atoms with Crippen LogP contribution in [0, 0.1) is 6.92 Å². The number of nitrogens with zero attached hydrogens (tertiary/aromatic N) is 3. The lowest BCUT2D eigenvalue weighted by Gasteiger charge is -2.28. The van der Waals surface area contributed by atoms with Crippen molar-refractivity contribution in [3.8, 4) is 11.1 Å². The van der Waals surface area contributed by atoms with Gasteiger partial charge in [0.15, 0.2) is 6.54 Å². The van der Waals surface area contributed by atoms with Crippen LogP contribution in [-0.4, -0.2) is 51.7 Å². The molecule has 8 heteroatoms. The number of nitrogens with one attached hydrogen (secondary N) is 1. The van der Waals surface area contributed by atoms with Gasteiger partial charge >= 0.3 is 5.97 Å². The Hall–Kier alpha value is -2.71. The minimum Gasteiger partial charge on any atom is -0.465 e. The lowest BCUT2D eigenvalue weighted by atomic mass is 9.94. The maximum Gasteiger partial charge on any atom is 0.341 e. The Morgan fingerprint density at radius 1 is 1.48 bits per heavy atom. The standard InChI is InChI=1S/C19H22N4O4/c1-13-16(11-22(21-13)12-19(25)4-7-27-8-5-19)14-3-6-23-17(9-14)15(10-20-23)18(24)26-2/h3,6,9-11,25H,4-5,7-8,12H2,1-2H3/p+1. The number of ether oxygens (including phenoxy) is 2. The average Bonchev–Trinajstić information content (AvgIpc) is 3.24. The van der Waals surface area contributed by atoms with Crippen molar-refractivity contribution in [2.24, 2.45) is 0 Å². The van der Waals surface area contributed by atoms with Gasteiger partial charge in [-0.05, 0) is 24.6 Å². The molecule has 4 heterocycles. The SMILES string of the molecule is COC(=O)c1cnn2ccc(-c3c[n+](CC4(O)CCOCC4)[nH]c3C)cc12. The number of aliphatic hydroxyl groups is 1. The van der Waals surface area contributed by atoms with Crippen molar-refractivity contribution in [3.05, 3.63) is 42.0 Å². The molecule has 0 atom stereocenters. The monoisotopic (exact) mass is 371 g/mol. The number of methoxy groups -OCH3 is 1. The van der Waals surface area contributed by atoms with Gasteiger partial charge in [0.05, 0.1) is 30.1 Å². The topological polar surface area (TPSA) is 92.7 Å². The second kappa shape index (κ2) is 6.79.